The van der Waals surface area contributed by atoms with Crippen LogP contribution in [0, 0.1) is 6.92 Å². The van der Waals surface area contributed by atoms with Crippen molar-refractivity contribution in [1.82, 2.24) is 4.90 Å². The highest BCUT2D eigenvalue weighted by Gasteiger charge is 2.26. The molecule has 1 aromatic carbocycles. The first kappa shape index (κ1) is 21.6. The summed E-state index contributed by atoms with van der Waals surface area (Å²) in [5.74, 6) is 1.78. The molecular weight excluding hydrogens is 386 g/mol. The highest BCUT2D eigenvalue weighted by atomic mass is 32.1. The van der Waals surface area contributed by atoms with E-state index in [9.17, 15) is 4.79 Å². The first-order valence-corrected chi connectivity index (χ1v) is 11.0. The molecule has 2 aromatic rings. The largest absolute Gasteiger partial charge is 0.493 e. The van der Waals surface area contributed by atoms with Crippen LogP contribution in [0.25, 0.3) is 0 Å². The van der Waals surface area contributed by atoms with Crippen LogP contribution in [0.3, 0.4) is 0 Å². The molecule has 0 bridgehead atoms. The highest BCUT2D eigenvalue weighted by molar-refractivity contribution is 7.10. The van der Waals surface area contributed by atoms with E-state index in [4.69, 9.17) is 9.47 Å². The summed E-state index contributed by atoms with van der Waals surface area (Å²) < 4.78 is 10.7. The second-order valence-corrected chi connectivity index (χ2v) is 8.82. The topological polar surface area (TPSA) is 47.7 Å². The van der Waals surface area contributed by atoms with Gasteiger partial charge in [0.1, 0.15) is 32.7 Å². The molecule has 158 valence electrons. The van der Waals surface area contributed by atoms with Crippen LogP contribution in [0.4, 0.5) is 0 Å². The number of benzene rings is 1. The maximum Gasteiger partial charge on any atom is 0.277 e. The Morgan fingerprint density at radius 3 is 2.38 bits per heavy atom. The summed E-state index contributed by atoms with van der Waals surface area (Å²) in [7, 11) is 5.25. The third-order valence-corrected chi connectivity index (χ3v) is 6.75. The third-order valence-electron chi connectivity index (χ3n) is 5.74. The Labute approximate surface area is 177 Å². The van der Waals surface area contributed by atoms with Gasteiger partial charge in [-0.15, -0.1) is 11.3 Å². The lowest BCUT2D eigenvalue weighted by Crippen LogP contribution is -3.28. The molecule has 1 aromatic heterocycles. The molecule has 1 fully saturated rings. The number of piperazine rings is 1. The van der Waals surface area contributed by atoms with Gasteiger partial charge >= 0.3 is 0 Å². The summed E-state index contributed by atoms with van der Waals surface area (Å²) in [5, 5.41) is 2.09. The van der Waals surface area contributed by atoms with E-state index in [2.05, 4.69) is 30.5 Å². The van der Waals surface area contributed by atoms with Crippen molar-refractivity contribution in [3.63, 3.8) is 0 Å². The van der Waals surface area contributed by atoms with Crippen LogP contribution < -0.4 is 19.3 Å². The number of methoxy groups -OCH3 is 2. The van der Waals surface area contributed by atoms with Gasteiger partial charge in [-0.3, -0.25) is 4.79 Å². The minimum atomic E-state index is 0.233. The maximum absolute atomic E-state index is 12.6. The fourth-order valence-corrected chi connectivity index (χ4v) is 4.77. The van der Waals surface area contributed by atoms with Crippen LogP contribution in [-0.4, -0.2) is 64.8 Å². The smallest absolute Gasteiger partial charge is 0.277 e. The van der Waals surface area contributed by atoms with Gasteiger partial charge in [-0.25, -0.2) is 0 Å². The van der Waals surface area contributed by atoms with Crippen LogP contribution in [0.1, 0.15) is 16.0 Å². The Balaban J connectivity index is 1.45. The van der Waals surface area contributed by atoms with Crippen molar-refractivity contribution in [3.05, 3.63) is 45.6 Å². The second-order valence-electron chi connectivity index (χ2n) is 7.82. The molecular formula is C22H33N3O3S+2. The van der Waals surface area contributed by atoms with Crippen LogP contribution >= 0.6 is 11.3 Å². The van der Waals surface area contributed by atoms with E-state index in [-0.39, 0.29) is 5.91 Å². The molecule has 1 amide bonds. The van der Waals surface area contributed by atoms with Crippen molar-refractivity contribution in [2.45, 2.75) is 20.0 Å². The number of thiophene rings is 1. The lowest BCUT2D eigenvalue weighted by atomic mass is 10.1. The van der Waals surface area contributed by atoms with Crippen LogP contribution in [-0.2, 0) is 17.9 Å². The standard InChI is InChI=1S/C22H31N3O3S/c1-17-7-12-29-21(17)15-23(2)22(26)16-25-10-8-24(9-11-25)14-18-5-6-19(27-3)20(13-18)28-4/h5-7,12-13H,8-11,14-16H2,1-4H3/p+2. The van der Waals surface area contributed by atoms with Gasteiger partial charge in [-0.2, -0.15) is 0 Å². The fourth-order valence-electron chi connectivity index (χ4n) is 3.81. The van der Waals surface area contributed by atoms with Crippen LogP contribution in [0.2, 0.25) is 0 Å². The molecule has 0 aliphatic carbocycles. The number of carbonyl (C=O) groups excluding carboxylic acids is 1. The number of nitrogens with zero attached hydrogens (tertiary/aromatic N) is 1. The number of amides is 1. The van der Waals surface area contributed by atoms with E-state index in [0.29, 0.717) is 13.1 Å². The lowest BCUT2D eigenvalue weighted by molar-refractivity contribution is -1.02. The SMILES string of the molecule is COc1ccc(C[NH+]2CC[NH+](CC(=O)N(C)Cc3sccc3C)CC2)cc1OC. The Morgan fingerprint density at radius 2 is 1.76 bits per heavy atom. The second kappa shape index (κ2) is 10.1. The molecule has 3 rings (SSSR count). The lowest BCUT2D eigenvalue weighted by Gasteiger charge is -2.30. The molecule has 0 saturated carbocycles. The molecule has 0 radical (unpaired) electrons. The molecule has 6 nitrogen and oxygen atoms in total. The number of hydrogen-bond acceptors (Lipinski definition) is 4. The predicted molar refractivity (Wildman–Crippen MR) is 115 cm³/mol. The quantitative estimate of drug-likeness (QED) is 0.634. The van der Waals surface area contributed by atoms with Crippen molar-refractivity contribution in [1.29, 1.82) is 0 Å². The maximum atomic E-state index is 12.6. The number of quaternary nitrogens is 2. The van der Waals surface area contributed by atoms with Crippen molar-refractivity contribution in [3.8, 4) is 11.5 Å². The zero-order chi connectivity index (χ0) is 20.8. The number of aryl methyl sites for hydroxylation is 1. The summed E-state index contributed by atoms with van der Waals surface area (Å²) in [4.78, 5) is 18.7. The molecule has 1 saturated heterocycles. The molecule has 2 heterocycles. The minimum Gasteiger partial charge on any atom is -0.493 e. The number of carbonyl (C=O) groups is 1. The van der Waals surface area contributed by atoms with Crippen LogP contribution in [0.15, 0.2) is 29.6 Å². The summed E-state index contributed by atoms with van der Waals surface area (Å²) in [6, 6.07) is 8.26. The zero-order valence-corrected chi connectivity index (χ0v) is 18.7. The number of likely N-dealkylation sites (N-methyl/N-ethyl adjacent to an activating group) is 1. The van der Waals surface area contributed by atoms with E-state index >= 15 is 0 Å². The van der Waals surface area contributed by atoms with Gasteiger partial charge < -0.3 is 24.2 Å². The highest BCUT2D eigenvalue weighted by Crippen LogP contribution is 2.27. The Hall–Kier alpha value is -2.09. The van der Waals surface area contributed by atoms with Crippen molar-refractivity contribution in [2.24, 2.45) is 0 Å². The van der Waals surface area contributed by atoms with E-state index in [1.165, 1.54) is 20.9 Å². The number of ether oxygens (including phenoxy) is 2. The Bertz CT molecular complexity index is 815. The Morgan fingerprint density at radius 1 is 1.07 bits per heavy atom. The number of rotatable bonds is 8. The summed E-state index contributed by atoms with van der Waals surface area (Å²) in [6.45, 7) is 8.58. The van der Waals surface area contributed by atoms with Crippen LogP contribution in [0.5, 0.6) is 11.5 Å². The van der Waals surface area contributed by atoms with Crippen molar-refractivity contribution in [2.75, 3.05) is 54.0 Å². The molecule has 7 heteroatoms. The fraction of sp³-hybridized carbons (Fsp3) is 0.500. The van der Waals surface area contributed by atoms with Gasteiger partial charge in [-0.05, 0) is 42.1 Å². The van der Waals surface area contributed by atoms with Gasteiger partial charge in [-0.1, -0.05) is 0 Å². The van der Waals surface area contributed by atoms with E-state index in [1.807, 2.05) is 18.0 Å². The summed E-state index contributed by atoms with van der Waals surface area (Å²) >= 11 is 1.73. The molecule has 29 heavy (non-hydrogen) atoms. The molecule has 2 N–H and O–H groups in total. The van der Waals surface area contributed by atoms with Gasteiger partial charge in [0.25, 0.3) is 5.91 Å². The van der Waals surface area contributed by atoms with Gasteiger partial charge in [0, 0.05) is 17.5 Å². The molecule has 0 atom stereocenters. The summed E-state index contributed by atoms with van der Waals surface area (Å²) in [6.07, 6.45) is 0. The number of hydrogen-bond donors (Lipinski definition) is 2. The summed E-state index contributed by atoms with van der Waals surface area (Å²) in [5.41, 5.74) is 2.53. The Kier molecular flexibility index (Phi) is 7.52. The monoisotopic (exact) mass is 419 g/mol. The normalized spacial score (nSPS) is 19.0. The van der Waals surface area contributed by atoms with Gasteiger partial charge in [0.15, 0.2) is 18.0 Å². The van der Waals surface area contributed by atoms with E-state index in [0.717, 1.165) is 44.2 Å². The third kappa shape index (κ3) is 5.72. The molecule has 1 aliphatic rings. The number of nitrogens with one attached hydrogen (secondary N) is 2. The van der Waals surface area contributed by atoms with E-state index < -0.39 is 0 Å². The first-order chi connectivity index (χ1) is 14.0. The molecule has 1 aliphatic heterocycles. The van der Waals surface area contributed by atoms with E-state index in [1.54, 1.807) is 30.5 Å². The minimum absolute atomic E-state index is 0.233. The molecule has 0 spiro atoms. The predicted octanol–water partition coefficient (Wildman–Crippen LogP) is 0.0157. The average molecular weight is 420 g/mol. The first-order valence-electron chi connectivity index (χ1n) is 10.1. The van der Waals surface area contributed by atoms with Gasteiger partial charge in [0.05, 0.1) is 20.8 Å². The molecule has 0 unspecified atom stereocenters. The van der Waals surface area contributed by atoms with Gasteiger partial charge in [0.2, 0.25) is 0 Å². The zero-order valence-electron chi connectivity index (χ0n) is 17.9. The average Bonchev–Trinajstić information content (AvgIpc) is 3.13. The van der Waals surface area contributed by atoms with Crippen molar-refractivity contribution >= 4 is 17.2 Å². The van der Waals surface area contributed by atoms with Crippen molar-refractivity contribution < 1.29 is 24.1 Å².